The second kappa shape index (κ2) is 9.37. The number of ether oxygens (including phenoxy) is 1. The van der Waals surface area contributed by atoms with Crippen molar-refractivity contribution in [1.82, 2.24) is 0 Å². The van der Waals surface area contributed by atoms with Crippen LogP contribution in [0, 0.1) is 10.1 Å². The lowest BCUT2D eigenvalue weighted by Crippen LogP contribution is -2.16. The molecule has 0 fully saturated rings. The number of hydrogen-bond acceptors (Lipinski definition) is 6. The molecule has 7 nitrogen and oxygen atoms in total. The Labute approximate surface area is 177 Å². The van der Waals surface area contributed by atoms with Crippen LogP contribution < -0.4 is 5.32 Å². The van der Waals surface area contributed by atoms with Crippen LogP contribution in [0.5, 0.6) is 0 Å². The topological polar surface area (TPSA) is 98.5 Å². The average molecular weight is 437 g/mol. The summed E-state index contributed by atoms with van der Waals surface area (Å²) in [6, 6.07) is 3.67. The largest absolute Gasteiger partial charge is 0.462 e. The van der Waals surface area contributed by atoms with Gasteiger partial charge in [0.1, 0.15) is 5.00 Å². The van der Waals surface area contributed by atoms with E-state index in [9.17, 15) is 19.7 Å². The summed E-state index contributed by atoms with van der Waals surface area (Å²) in [4.78, 5) is 36.9. The van der Waals surface area contributed by atoms with Gasteiger partial charge in [0, 0.05) is 17.0 Å². The van der Waals surface area contributed by atoms with Crippen molar-refractivity contribution in [1.29, 1.82) is 0 Å². The molecule has 0 atom stereocenters. The number of nitro benzene ring substituents is 1. The Hall–Kier alpha value is -2.45. The molecule has 0 radical (unpaired) electrons. The first kappa shape index (κ1) is 21.3. The molecule has 0 aliphatic heterocycles. The van der Waals surface area contributed by atoms with E-state index in [-0.39, 0.29) is 16.3 Å². The van der Waals surface area contributed by atoms with Gasteiger partial charge in [-0.1, -0.05) is 24.9 Å². The molecule has 1 aromatic heterocycles. The van der Waals surface area contributed by atoms with E-state index < -0.39 is 16.8 Å². The zero-order valence-electron chi connectivity index (χ0n) is 16.0. The number of carbonyl (C=O) groups is 2. The number of thiophene rings is 1. The first-order valence-corrected chi connectivity index (χ1v) is 10.7. The van der Waals surface area contributed by atoms with Crippen LogP contribution in [0.3, 0.4) is 0 Å². The van der Waals surface area contributed by atoms with Gasteiger partial charge in [-0.3, -0.25) is 14.9 Å². The van der Waals surface area contributed by atoms with Crippen LogP contribution in [-0.4, -0.2) is 23.4 Å². The van der Waals surface area contributed by atoms with E-state index in [0.717, 1.165) is 48.6 Å². The van der Waals surface area contributed by atoms with Crippen LogP contribution in [-0.2, 0) is 17.6 Å². The molecule has 1 heterocycles. The third-order valence-electron chi connectivity index (χ3n) is 4.70. The molecule has 1 aliphatic rings. The summed E-state index contributed by atoms with van der Waals surface area (Å²) in [5.74, 6) is -0.956. The van der Waals surface area contributed by atoms with Crippen LogP contribution in [0.4, 0.5) is 10.7 Å². The number of nitro groups is 1. The lowest BCUT2D eigenvalue weighted by Gasteiger charge is -2.10. The maximum atomic E-state index is 12.8. The quantitative estimate of drug-likeness (QED) is 0.283. The third-order valence-corrected chi connectivity index (χ3v) is 6.22. The summed E-state index contributed by atoms with van der Waals surface area (Å²) in [5.41, 5.74) is 1.29. The monoisotopic (exact) mass is 436 g/mol. The van der Waals surface area contributed by atoms with E-state index in [4.69, 9.17) is 16.3 Å². The highest BCUT2D eigenvalue weighted by molar-refractivity contribution is 7.17. The Morgan fingerprint density at radius 1 is 1.28 bits per heavy atom. The van der Waals surface area contributed by atoms with Gasteiger partial charge in [0.05, 0.1) is 27.7 Å². The van der Waals surface area contributed by atoms with Gasteiger partial charge in [-0.2, -0.15) is 0 Å². The number of fused-ring (bicyclic) bond motifs is 1. The number of anilines is 1. The van der Waals surface area contributed by atoms with Gasteiger partial charge >= 0.3 is 5.97 Å². The van der Waals surface area contributed by atoms with Crippen molar-refractivity contribution < 1.29 is 19.2 Å². The average Bonchev–Trinajstić information content (AvgIpc) is 2.86. The lowest BCUT2D eigenvalue weighted by atomic mass is 10.1. The first-order chi connectivity index (χ1) is 13.9. The molecule has 0 unspecified atom stereocenters. The number of aryl methyl sites for hydroxylation is 1. The fourth-order valence-electron chi connectivity index (χ4n) is 3.29. The molecular weight excluding hydrogens is 416 g/mol. The van der Waals surface area contributed by atoms with E-state index in [0.29, 0.717) is 23.6 Å². The molecule has 0 bridgehead atoms. The zero-order chi connectivity index (χ0) is 21.0. The molecular formula is C20H21ClN2O5S. The molecule has 0 saturated heterocycles. The number of carbonyl (C=O) groups excluding carboxylic acids is 2. The Morgan fingerprint density at radius 2 is 2.03 bits per heavy atom. The maximum Gasteiger partial charge on any atom is 0.341 e. The van der Waals surface area contributed by atoms with E-state index in [1.165, 1.54) is 23.5 Å². The molecule has 2 aromatic rings. The fraction of sp³-hybridized carbons (Fsp3) is 0.400. The van der Waals surface area contributed by atoms with Crippen LogP contribution >= 0.6 is 22.9 Å². The molecule has 0 saturated carbocycles. The van der Waals surface area contributed by atoms with Crippen molar-refractivity contribution in [2.75, 3.05) is 11.9 Å². The number of hydrogen-bond donors (Lipinski definition) is 1. The Morgan fingerprint density at radius 3 is 2.72 bits per heavy atom. The number of nitrogens with zero attached hydrogens (tertiary/aromatic N) is 1. The molecule has 9 heteroatoms. The predicted molar refractivity (Wildman–Crippen MR) is 112 cm³/mol. The summed E-state index contributed by atoms with van der Waals surface area (Å²) < 4.78 is 5.35. The number of non-ortho nitro benzene ring substituents is 1. The van der Waals surface area contributed by atoms with Crippen LogP contribution in [0.25, 0.3) is 0 Å². The van der Waals surface area contributed by atoms with Gasteiger partial charge in [-0.15, -0.1) is 11.3 Å². The van der Waals surface area contributed by atoms with Gasteiger partial charge in [0.15, 0.2) is 0 Å². The summed E-state index contributed by atoms with van der Waals surface area (Å²) in [7, 11) is 0. The van der Waals surface area contributed by atoms with E-state index in [1.54, 1.807) is 0 Å². The molecule has 0 spiro atoms. The summed E-state index contributed by atoms with van der Waals surface area (Å²) >= 11 is 7.46. The Kier molecular flexibility index (Phi) is 6.87. The van der Waals surface area contributed by atoms with Crippen molar-refractivity contribution in [2.45, 2.75) is 45.4 Å². The normalized spacial score (nSPS) is 13.3. The highest BCUT2D eigenvalue weighted by atomic mass is 35.5. The van der Waals surface area contributed by atoms with Gasteiger partial charge in [0.25, 0.3) is 11.6 Å². The van der Waals surface area contributed by atoms with Crippen LogP contribution in [0.1, 0.15) is 63.8 Å². The second-order valence-electron chi connectivity index (χ2n) is 6.78. The molecule has 1 aliphatic carbocycles. The highest BCUT2D eigenvalue weighted by Crippen LogP contribution is 2.38. The molecule has 1 N–H and O–H groups in total. The minimum absolute atomic E-state index is 0.0232. The minimum atomic E-state index is -0.578. The summed E-state index contributed by atoms with van der Waals surface area (Å²) in [6.45, 7) is 2.23. The number of nitrogens with one attached hydrogen (secondary N) is 1. The smallest absolute Gasteiger partial charge is 0.341 e. The number of halogens is 1. The summed E-state index contributed by atoms with van der Waals surface area (Å²) in [5, 5.41) is 14.1. The van der Waals surface area contributed by atoms with Crippen molar-refractivity contribution in [3.8, 4) is 0 Å². The molecule has 29 heavy (non-hydrogen) atoms. The first-order valence-electron chi connectivity index (χ1n) is 9.49. The standard InChI is InChI=1S/C20H21ClN2O5S/c1-2-10-28-20(25)17-14-6-4-3-5-7-16(14)29-19(17)22-18(24)13-9-8-12(23(26)27)11-15(13)21/h8-9,11H,2-7,10H2,1H3,(H,22,24). The van der Waals surface area contributed by atoms with Crippen LogP contribution in [0.15, 0.2) is 18.2 Å². The Balaban J connectivity index is 1.92. The van der Waals surface area contributed by atoms with Gasteiger partial charge in [0.2, 0.25) is 0 Å². The van der Waals surface area contributed by atoms with Gasteiger partial charge < -0.3 is 10.1 Å². The van der Waals surface area contributed by atoms with E-state index in [2.05, 4.69) is 5.32 Å². The molecule has 1 amide bonds. The van der Waals surface area contributed by atoms with E-state index in [1.807, 2.05) is 6.92 Å². The minimum Gasteiger partial charge on any atom is -0.462 e. The van der Waals surface area contributed by atoms with Crippen molar-refractivity contribution in [3.63, 3.8) is 0 Å². The van der Waals surface area contributed by atoms with Crippen molar-refractivity contribution in [3.05, 3.63) is 54.9 Å². The lowest BCUT2D eigenvalue weighted by molar-refractivity contribution is -0.384. The van der Waals surface area contributed by atoms with E-state index >= 15 is 0 Å². The number of rotatable bonds is 6. The zero-order valence-corrected chi connectivity index (χ0v) is 17.5. The van der Waals surface area contributed by atoms with Crippen LogP contribution in [0.2, 0.25) is 5.02 Å². The number of benzene rings is 1. The molecule has 3 rings (SSSR count). The van der Waals surface area contributed by atoms with Gasteiger partial charge in [-0.25, -0.2) is 4.79 Å². The van der Waals surface area contributed by atoms with Crippen molar-refractivity contribution in [2.24, 2.45) is 0 Å². The maximum absolute atomic E-state index is 12.8. The number of esters is 1. The van der Waals surface area contributed by atoms with Crippen molar-refractivity contribution >= 4 is 45.5 Å². The second-order valence-corrected chi connectivity index (χ2v) is 8.29. The Bertz CT molecular complexity index is 957. The highest BCUT2D eigenvalue weighted by Gasteiger charge is 2.27. The van der Waals surface area contributed by atoms with Gasteiger partial charge in [-0.05, 0) is 43.7 Å². The third kappa shape index (κ3) is 4.76. The summed E-state index contributed by atoms with van der Waals surface area (Å²) in [6.07, 6.45) is 5.47. The fourth-order valence-corrected chi connectivity index (χ4v) is 4.82. The molecule has 154 valence electrons. The predicted octanol–water partition coefficient (Wildman–Crippen LogP) is 5.40. The molecule has 1 aromatic carbocycles. The SMILES string of the molecule is CCCOC(=O)c1c(NC(=O)c2ccc([N+](=O)[O-])cc2Cl)sc2c1CCCCC2. The number of amides is 1.